The third-order valence-corrected chi connectivity index (χ3v) is 5.48. The van der Waals surface area contributed by atoms with E-state index in [-0.39, 0.29) is 0 Å². The molecule has 5 N–H and O–H groups in total. The van der Waals surface area contributed by atoms with Crippen molar-refractivity contribution in [1.29, 1.82) is 5.26 Å². The van der Waals surface area contributed by atoms with Gasteiger partial charge in [0.25, 0.3) is 0 Å². The number of aromatic nitrogens is 1. The van der Waals surface area contributed by atoms with Crippen molar-refractivity contribution in [2.75, 3.05) is 20.1 Å². The van der Waals surface area contributed by atoms with Crippen LogP contribution in [-0.2, 0) is 0 Å². The molecule has 2 aliphatic carbocycles. The normalized spacial score (nSPS) is 21.3. The monoisotopic (exact) mass is 369 g/mol. The molecular weight excluding hydrogens is 338 g/mol. The Hall–Kier alpha value is -2.30. The molecule has 0 atom stereocenters. The summed E-state index contributed by atoms with van der Waals surface area (Å²) in [7, 11) is 2.00. The zero-order chi connectivity index (χ0) is 19.2. The maximum absolute atomic E-state index is 8.28. The smallest absolute Gasteiger partial charge is 0.141 e. The van der Waals surface area contributed by atoms with Crippen LogP contribution < -0.4 is 11.6 Å². The topological polar surface area (TPSA) is 110 Å². The first-order valence-electron chi connectivity index (χ1n) is 9.91. The first-order chi connectivity index (χ1) is 13.1. The lowest BCUT2D eigenvalue weighted by molar-refractivity contribution is 0.357. The van der Waals surface area contributed by atoms with E-state index in [1.807, 2.05) is 19.3 Å². The van der Waals surface area contributed by atoms with Crippen LogP contribution in [0.5, 0.6) is 0 Å². The summed E-state index contributed by atoms with van der Waals surface area (Å²) in [6, 6.07) is 4.11. The maximum atomic E-state index is 8.28. The van der Waals surface area contributed by atoms with Gasteiger partial charge in [-0.2, -0.15) is 5.26 Å². The molecular formula is C20H31N7. The molecule has 0 saturated heterocycles. The number of hydrogen-bond donors (Lipinski definition) is 3. The van der Waals surface area contributed by atoms with Crippen LogP contribution in [0, 0.1) is 23.2 Å². The second-order valence-corrected chi connectivity index (χ2v) is 7.83. The van der Waals surface area contributed by atoms with Gasteiger partial charge in [-0.25, -0.2) is 10.8 Å². The van der Waals surface area contributed by atoms with Crippen molar-refractivity contribution in [2.45, 2.75) is 44.9 Å². The minimum Gasteiger partial charge on any atom is -0.400 e. The van der Waals surface area contributed by atoms with Crippen molar-refractivity contribution >= 4 is 17.9 Å². The zero-order valence-corrected chi connectivity index (χ0v) is 16.2. The highest BCUT2D eigenvalue weighted by molar-refractivity contribution is 5.86. The van der Waals surface area contributed by atoms with Gasteiger partial charge in [0.1, 0.15) is 12.2 Å². The number of hydrazine groups is 1. The van der Waals surface area contributed by atoms with E-state index >= 15 is 0 Å². The van der Waals surface area contributed by atoms with Gasteiger partial charge in [0, 0.05) is 29.9 Å². The number of nitrogens with one attached hydrogen (secondary N) is 1. The average molecular weight is 370 g/mol. The molecule has 7 nitrogen and oxygen atoms in total. The van der Waals surface area contributed by atoms with Gasteiger partial charge in [-0.3, -0.25) is 9.91 Å². The van der Waals surface area contributed by atoms with E-state index < -0.39 is 0 Å². The fraction of sp³-hybridized carbons (Fsp3) is 0.600. The van der Waals surface area contributed by atoms with Crippen LogP contribution in [0.1, 0.15) is 50.5 Å². The van der Waals surface area contributed by atoms with E-state index in [4.69, 9.17) is 16.8 Å². The molecule has 7 heteroatoms. The first-order valence-corrected chi connectivity index (χ1v) is 9.91. The van der Waals surface area contributed by atoms with Gasteiger partial charge in [0.15, 0.2) is 0 Å². The minimum atomic E-state index is 0.453. The average Bonchev–Trinajstić information content (AvgIpc) is 3.35. The van der Waals surface area contributed by atoms with E-state index in [0.717, 1.165) is 35.2 Å². The van der Waals surface area contributed by atoms with Gasteiger partial charge in [-0.1, -0.05) is 19.3 Å². The molecule has 2 heterocycles. The van der Waals surface area contributed by atoms with Crippen molar-refractivity contribution in [3.63, 3.8) is 0 Å². The first kappa shape index (κ1) is 19.5. The van der Waals surface area contributed by atoms with Crippen LogP contribution in [0.3, 0.4) is 0 Å². The molecule has 2 fully saturated rings. The summed E-state index contributed by atoms with van der Waals surface area (Å²) in [6.07, 6.45) is 12.4. The molecule has 0 aromatic carbocycles. The number of hydrogen-bond acceptors (Lipinski definition) is 6. The lowest BCUT2D eigenvalue weighted by atomic mass is 9.85. The quantitative estimate of drug-likeness (QED) is 0.558. The summed E-state index contributed by atoms with van der Waals surface area (Å²) < 4.78 is 0. The van der Waals surface area contributed by atoms with E-state index in [0.29, 0.717) is 12.5 Å². The molecule has 1 aromatic rings. The summed E-state index contributed by atoms with van der Waals surface area (Å²) >= 11 is 0. The molecule has 0 amide bonds. The largest absolute Gasteiger partial charge is 0.400 e. The Labute approximate surface area is 161 Å². The van der Waals surface area contributed by atoms with Crippen LogP contribution in [0.15, 0.2) is 23.0 Å². The molecule has 27 heavy (non-hydrogen) atoms. The van der Waals surface area contributed by atoms with E-state index in [9.17, 15) is 0 Å². The number of H-pyrrole nitrogens is 1. The van der Waals surface area contributed by atoms with Crippen molar-refractivity contribution in [1.82, 2.24) is 14.9 Å². The van der Waals surface area contributed by atoms with Crippen molar-refractivity contribution in [3.8, 4) is 6.07 Å². The summed E-state index contributed by atoms with van der Waals surface area (Å²) in [4.78, 5) is 9.42. The minimum absolute atomic E-state index is 0.453. The maximum Gasteiger partial charge on any atom is 0.141 e. The fourth-order valence-corrected chi connectivity index (χ4v) is 3.81. The number of nitrogens with two attached hydrogens (primary N) is 2. The second-order valence-electron chi connectivity index (χ2n) is 7.83. The number of fused-ring (bicyclic) bond motifs is 1. The van der Waals surface area contributed by atoms with E-state index in [1.54, 1.807) is 11.3 Å². The molecule has 0 spiro atoms. The third-order valence-electron chi connectivity index (χ3n) is 5.48. The molecule has 3 aliphatic rings. The number of nitrogens with zero attached hydrogens (tertiary/aromatic N) is 4. The van der Waals surface area contributed by atoms with Crippen molar-refractivity contribution in [2.24, 2.45) is 28.4 Å². The highest BCUT2D eigenvalue weighted by Crippen LogP contribution is 2.36. The molecule has 1 aromatic heterocycles. The highest BCUT2D eigenvalue weighted by atomic mass is 15.4. The van der Waals surface area contributed by atoms with Crippen LogP contribution in [0.25, 0.3) is 5.70 Å². The van der Waals surface area contributed by atoms with Gasteiger partial charge in [-0.15, -0.1) is 0 Å². The summed E-state index contributed by atoms with van der Waals surface area (Å²) in [5, 5.41) is 9.82. The molecule has 2 saturated carbocycles. The van der Waals surface area contributed by atoms with Crippen molar-refractivity contribution < 1.29 is 0 Å². The Morgan fingerprint density at radius 2 is 2.07 bits per heavy atom. The van der Waals surface area contributed by atoms with Gasteiger partial charge in [0.05, 0.1) is 18.3 Å². The number of nitriles is 1. The van der Waals surface area contributed by atoms with E-state index in [1.165, 1.54) is 44.9 Å². The van der Waals surface area contributed by atoms with Gasteiger partial charge >= 0.3 is 0 Å². The fourth-order valence-electron chi connectivity index (χ4n) is 3.81. The molecule has 1 aliphatic heterocycles. The van der Waals surface area contributed by atoms with E-state index in [2.05, 4.69) is 20.9 Å². The van der Waals surface area contributed by atoms with Gasteiger partial charge < -0.3 is 10.7 Å². The van der Waals surface area contributed by atoms with Crippen LogP contribution in [0.4, 0.5) is 5.82 Å². The molecule has 146 valence electrons. The molecule has 0 bridgehead atoms. The zero-order valence-electron chi connectivity index (χ0n) is 16.2. The second kappa shape index (κ2) is 9.07. The Morgan fingerprint density at radius 1 is 1.33 bits per heavy atom. The van der Waals surface area contributed by atoms with Gasteiger partial charge in [-0.05, 0) is 44.7 Å². The van der Waals surface area contributed by atoms with Crippen LogP contribution >= 0.6 is 0 Å². The SMILES string of the molecule is CN(CC#N)CC1CC1.N/C(=C1/c2cc[nH]c2N=CN1N)C1CCCCC1. The highest BCUT2D eigenvalue weighted by Gasteiger charge is 2.25. The summed E-state index contributed by atoms with van der Waals surface area (Å²) in [6.45, 7) is 1.70. The molecule has 0 radical (unpaired) electrons. The van der Waals surface area contributed by atoms with Crippen molar-refractivity contribution in [3.05, 3.63) is 23.5 Å². The number of allylic oxidation sites excluding steroid dienone is 1. The summed E-state index contributed by atoms with van der Waals surface area (Å²) in [5.41, 5.74) is 9.19. The Balaban J connectivity index is 0.000000197. The number of rotatable bonds is 4. The number of aliphatic imine (C=N–C) groups is 1. The van der Waals surface area contributed by atoms with Gasteiger partial charge in [0.2, 0.25) is 0 Å². The molecule has 4 rings (SSSR count). The number of aromatic amines is 1. The van der Waals surface area contributed by atoms with Crippen LogP contribution in [0.2, 0.25) is 0 Å². The Bertz CT molecular complexity index is 717. The Kier molecular flexibility index (Phi) is 6.54. The predicted molar refractivity (Wildman–Crippen MR) is 108 cm³/mol. The van der Waals surface area contributed by atoms with Crippen LogP contribution in [-0.4, -0.2) is 41.4 Å². The lowest BCUT2D eigenvalue weighted by Crippen LogP contribution is -2.33. The summed E-state index contributed by atoms with van der Waals surface area (Å²) in [5.74, 6) is 8.19. The predicted octanol–water partition coefficient (Wildman–Crippen LogP) is 2.92. The third kappa shape index (κ3) is 5.12. The Morgan fingerprint density at radius 3 is 2.74 bits per heavy atom. The standard InChI is InChI=1S/C13H19N5.C7H12N2/c14-11(9-4-2-1-3-5-9)12-10-6-7-16-13(10)17-8-18(12)15;1-9(5-4-8)6-7-2-3-7/h6-9,16H,1-5,14-15H2;7H,2-3,5-6H2,1H3/b12-11-;. The lowest BCUT2D eigenvalue weighted by Gasteiger charge is -2.28. The molecule has 0 unspecified atom stereocenters.